The zero-order valence-electron chi connectivity index (χ0n) is 16.1. The fourth-order valence-electron chi connectivity index (χ4n) is 5.47. The third kappa shape index (κ3) is 3.37. The number of aliphatic hydroxyl groups excluding tert-OH is 2. The number of hydrogen-bond donors (Lipinski definition) is 2. The van der Waals surface area contributed by atoms with Crippen molar-refractivity contribution in [2.45, 2.75) is 52.1 Å². The molecule has 0 aromatic carbocycles. The van der Waals surface area contributed by atoms with Crippen LogP contribution >= 0.6 is 0 Å². The molecule has 0 amide bonds. The number of carbonyl (C=O) groups excluding carboxylic acids is 2. The van der Waals surface area contributed by atoms with Gasteiger partial charge in [0, 0.05) is 5.41 Å². The van der Waals surface area contributed by atoms with Crippen molar-refractivity contribution >= 4 is 11.8 Å². The van der Waals surface area contributed by atoms with Crippen molar-refractivity contribution in [2.24, 2.45) is 22.7 Å². The molecule has 0 bridgehead atoms. The molecule has 0 aromatic rings. The first kappa shape index (κ1) is 21.8. The van der Waals surface area contributed by atoms with Crippen molar-refractivity contribution in [3.63, 3.8) is 0 Å². The van der Waals surface area contributed by atoms with Crippen LogP contribution < -0.4 is 29.6 Å². The maximum Gasteiger partial charge on any atom is 1.00 e. The summed E-state index contributed by atoms with van der Waals surface area (Å²) in [5.41, 5.74) is 0.640. The van der Waals surface area contributed by atoms with Gasteiger partial charge in [-0.1, -0.05) is 32.1 Å². The van der Waals surface area contributed by atoms with Crippen LogP contribution in [0.5, 0.6) is 0 Å². The molecule has 5 nitrogen and oxygen atoms in total. The van der Waals surface area contributed by atoms with Crippen LogP contribution in [0.3, 0.4) is 0 Å². The van der Waals surface area contributed by atoms with E-state index in [0.29, 0.717) is 12.8 Å². The van der Waals surface area contributed by atoms with E-state index in [0.717, 1.165) is 24.8 Å². The first-order valence-corrected chi connectivity index (χ1v) is 9.11. The van der Waals surface area contributed by atoms with Gasteiger partial charge in [-0.2, -0.15) is 0 Å². The van der Waals surface area contributed by atoms with E-state index in [1.807, 2.05) is 6.92 Å². The SMILES string of the molecule is C=C1CCC2[C@](C)(CO)[C@H](O)CC[C@@]2(C)[C@@H]1C/C=C1/C(=O)COC1=O.[Na+]. The van der Waals surface area contributed by atoms with Crippen molar-refractivity contribution in [1.82, 2.24) is 0 Å². The summed E-state index contributed by atoms with van der Waals surface area (Å²) in [5, 5.41) is 20.5. The van der Waals surface area contributed by atoms with Gasteiger partial charge in [0.2, 0.25) is 5.78 Å². The Morgan fingerprint density at radius 1 is 1.31 bits per heavy atom. The molecule has 26 heavy (non-hydrogen) atoms. The number of carbonyl (C=O) groups is 2. The van der Waals surface area contributed by atoms with Gasteiger partial charge in [-0.05, 0) is 49.4 Å². The van der Waals surface area contributed by atoms with Gasteiger partial charge in [0.05, 0.1) is 12.7 Å². The Kier molecular flexibility index (Phi) is 6.62. The van der Waals surface area contributed by atoms with Crippen LogP contribution in [0, 0.1) is 22.7 Å². The summed E-state index contributed by atoms with van der Waals surface area (Å²) in [6, 6.07) is 0. The second-order valence-corrected chi connectivity index (χ2v) is 8.38. The van der Waals surface area contributed by atoms with Crippen LogP contribution in [0.25, 0.3) is 0 Å². The number of ketones is 1. The molecule has 2 saturated carbocycles. The molecule has 6 heteroatoms. The molecule has 0 aromatic heterocycles. The van der Waals surface area contributed by atoms with Crippen LogP contribution in [0.1, 0.15) is 46.0 Å². The van der Waals surface area contributed by atoms with E-state index >= 15 is 0 Å². The quantitative estimate of drug-likeness (QED) is 0.223. The molecule has 1 saturated heterocycles. The topological polar surface area (TPSA) is 83.8 Å². The van der Waals surface area contributed by atoms with E-state index in [4.69, 9.17) is 4.74 Å². The number of aliphatic hydroxyl groups is 2. The largest absolute Gasteiger partial charge is 1.00 e. The van der Waals surface area contributed by atoms with Gasteiger partial charge in [0.25, 0.3) is 0 Å². The van der Waals surface area contributed by atoms with E-state index < -0.39 is 17.5 Å². The summed E-state index contributed by atoms with van der Waals surface area (Å²) in [6.45, 7) is 8.23. The third-order valence-electron chi connectivity index (χ3n) is 7.11. The van der Waals surface area contributed by atoms with Gasteiger partial charge in [-0.15, -0.1) is 0 Å². The maximum absolute atomic E-state index is 11.8. The first-order valence-electron chi connectivity index (χ1n) is 9.11. The fourth-order valence-corrected chi connectivity index (χ4v) is 5.47. The van der Waals surface area contributed by atoms with Gasteiger partial charge < -0.3 is 14.9 Å². The normalized spacial score (nSPS) is 41.6. The summed E-state index contributed by atoms with van der Waals surface area (Å²) in [7, 11) is 0. The minimum absolute atomic E-state index is 0. The van der Waals surface area contributed by atoms with Crippen LogP contribution in [-0.2, 0) is 14.3 Å². The van der Waals surface area contributed by atoms with Gasteiger partial charge >= 0.3 is 35.5 Å². The number of allylic oxidation sites excluding steroid dienone is 2. The van der Waals surface area contributed by atoms with Crippen molar-refractivity contribution in [3.8, 4) is 0 Å². The Labute approximate surface area is 177 Å². The Morgan fingerprint density at radius 3 is 2.58 bits per heavy atom. The molecular formula is C20H28NaO5+. The molecule has 3 rings (SSSR count). The zero-order valence-corrected chi connectivity index (χ0v) is 18.1. The molecule has 1 aliphatic heterocycles. The average molecular weight is 371 g/mol. The standard InChI is InChI=1S/C20H28O5.Na/c1-12-4-7-16-19(2,9-8-17(23)20(16,3)11-21)14(12)6-5-13-15(22)10-25-18(13)24;/h5,14,16-17,21,23H,1,4,6-11H2,2-3H3;/q;+1/b13-5-;/t14-,16?,17-,19+,20+;/m1./s1. The molecule has 0 radical (unpaired) electrons. The van der Waals surface area contributed by atoms with E-state index in [9.17, 15) is 19.8 Å². The van der Waals surface area contributed by atoms with Gasteiger partial charge in [-0.25, -0.2) is 4.79 Å². The predicted molar refractivity (Wildman–Crippen MR) is 92.6 cm³/mol. The molecule has 3 fully saturated rings. The predicted octanol–water partition coefficient (Wildman–Crippen LogP) is -0.825. The number of esters is 1. The molecule has 1 unspecified atom stereocenters. The number of cyclic esters (lactones) is 1. The van der Waals surface area contributed by atoms with Crippen molar-refractivity contribution in [1.29, 1.82) is 0 Å². The van der Waals surface area contributed by atoms with E-state index in [1.165, 1.54) is 0 Å². The smallest absolute Gasteiger partial charge is 0.454 e. The van der Waals surface area contributed by atoms with Crippen LogP contribution in [-0.4, -0.2) is 41.3 Å². The van der Waals surface area contributed by atoms with E-state index in [1.54, 1.807) is 6.08 Å². The van der Waals surface area contributed by atoms with E-state index in [-0.39, 0.29) is 71.4 Å². The summed E-state index contributed by atoms with van der Waals surface area (Å²) in [5.74, 6) is -0.494. The second-order valence-electron chi connectivity index (χ2n) is 8.38. The van der Waals surface area contributed by atoms with Gasteiger partial charge in [0.15, 0.2) is 6.61 Å². The molecule has 0 spiro atoms. The van der Waals surface area contributed by atoms with Crippen LogP contribution in [0.2, 0.25) is 0 Å². The number of Topliss-reactive ketones (excluding diaryl/α,β-unsaturated/α-hetero) is 1. The Hall–Kier alpha value is -0.460. The summed E-state index contributed by atoms with van der Waals surface area (Å²) in [4.78, 5) is 23.5. The Bertz CT molecular complexity index is 624. The van der Waals surface area contributed by atoms with E-state index in [2.05, 4.69) is 13.5 Å². The third-order valence-corrected chi connectivity index (χ3v) is 7.11. The minimum atomic E-state index is -0.535. The molecule has 3 aliphatic rings. The maximum atomic E-state index is 11.8. The molecular weight excluding hydrogens is 343 g/mol. The van der Waals surface area contributed by atoms with Crippen molar-refractivity contribution < 1.29 is 54.1 Å². The molecule has 2 aliphatic carbocycles. The summed E-state index contributed by atoms with van der Waals surface area (Å²) >= 11 is 0. The Morgan fingerprint density at radius 2 is 2.00 bits per heavy atom. The van der Waals surface area contributed by atoms with Crippen LogP contribution in [0.4, 0.5) is 0 Å². The monoisotopic (exact) mass is 371 g/mol. The molecule has 5 atom stereocenters. The molecule has 2 N–H and O–H groups in total. The molecule has 138 valence electrons. The summed E-state index contributed by atoms with van der Waals surface area (Å²) < 4.78 is 4.80. The minimum Gasteiger partial charge on any atom is -0.454 e. The summed E-state index contributed by atoms with van der Waals surface area (Å²) in [6.07, 6.45) is 5.01. The first-order chi connectivity index (χ1) is 11.7. The van der Waals surface area contributed by atoms with Gasteiger partial charge in [0.1, 0.15) is 5.57 Å². The number of rotatable bonds is 3. The van der Waals surface area contributed by atoms with Crippen molar-refractivity contribution in [3.05, 3.63) is 23.8 Å². The second kappa shape index (κ2) is 7.88. The van der Waals surface area contributed by atoms with Crippen molar-refractivity contribution in [2.75, 3.05) is 13.2 Å². The number of hydrogen-bond acceptors (Lipinski definition) is 5. The number of ether oxygens (including phenoxy) is 1. The molecule has 1 heterocycles. The van der Waals surface area contributed by atoms with Gasteiger partial charge in [-0.3, -0.25) is 4.79 Å². The Balaban J connectivity index is 0.00000243. The van der Waals surface area contributed by atoms with Crippen LogP contribution in [0.15, 0.2) is 23.8 Å². The fraction of sp³-hybridized carbons (Fsp3) is 0.700. The number of fused-ring (bicyclic) bond motifs is 1. The zero-order chi connectivity index (χ0) is 18.4. The average Bonchev–Trinajstić information content (AvgIpc) is 2.89.